The molecular formula is C10H18ClNO. The van der Waals surface area contributed by atoms with Gasteiger partial charge in [0.15, 0.2) is 0 Å². The van der Waals surface area contributed by atoms with Gasteiger partial charge in [-0.05, 0) is 12.8 Å². The lowest BCUT2D eigenvalue weighted by molar-refractivity contribution is -0.119. The lowest BCUT2D eigenvalue weighted by Gasteiger charge is -2.20. The van der Waals surface area contributed by atoms with Crippen molar-refractivity contribution in [1.82, 2.24) is 5.32 Å². The number of hydrogen-bond donors (Lipinski definition) is 1. The quantitative estimate of drug-likeness (QED) is 0.687. The third kappa shape index (κ3) is 4.51. The molecule has 0 spiro atoms. The molecule has 0 aromatic heterocycles. The van der Waals surface area contributed by atoms with Crippen LogP contribution in [0.1, 0.15) is 44.9 Å². The maximum absolute atomic E-state index is 11.0. The van der Waals surface area contributed by atoms with Gasteiger partial charge in [-0.2, -0.15) is 0 Å². The van der Waals surface area contributed by atoms with Gasteiger partial charge in [-0.1, -0.05) is 32.1 Å². The van der Waals surface area contributed by atoms with Crippen molar-refractivity contribution in [3.05, 3.63) is 0 Å². The van der Waals surface area contributed by atoms with Gasteiger partial charge in [0.25, 0.3) is 0 Å². The second-order valence-corrected chi connectivity index (χ2v) is 4.01. The molecule has 1 rings (SSSR count). The van der Waals surface area contributed by atoms with E-state index in [0.29, 0.717) is 6.04 Å². The highest BCUT2D eigenvalue weighted by atomic mass is 35.5. The summed E-state index contributed by atoms with van der Waals surface area (Å²) in [5, 5.41) is 2.97. The number of amides is 1. The Morgan fingerprint density at radius 1 is 1.15 bits per heavy atom. The first kappa shape index (κ1) is 10.8. The van der Waals surface area contributed by atoms with Crippen LogP contribution < -0.4 is 5.32 Å². The smallest absolute Gasteiger partial charge is 0.235 e. The molecule has 1 N–H and O–H groups in total. The molecule has 0 aliphatic heterocycles. The average Bonchev–Trinajstić information content (AvgIpc) is 2.09. The van der Waals surface area contributed by atoms with E-state index in [0.717, 1.165) is 12.8 Å². The van der Waals surface area contributed by atoms with E-state index in [1.807, 2.05) is 0 Å². The Hall–Kier alpha value is -0.240. The topological polar surface area (TPSA) is 29.1 Å². The highest BCUT2D eigenvalue weighted by Gasteiger charge is 2.12. The minimum atomic E-state index is -0.0211. The summed E-state index contributed by atoms with van der Waals surface area (Å²) < 4.78 is 0. The van der Waals surface area contributed by atoms with Gasteiger partial charge in [-0.3, -0.25) is 4.79 Å². The molecule has 0 aromatic carbocycles. The van der Waals surface area contributed by atoms with Crippen LogP contribution in [-0.2, 0) is 4.79 Å². The maximum atomic E-state index is 11.0. The largest absolute Gasteiger partial charge is 0.352 e. The zero-order valence-corrected chi connectivity index (χ0v) is 8.78. The Balaban J connectivity index is 2.25. The van der Waals surface area contributed by atoms with Gasteiger partial charge in [-0.15, -0.1) is 11.6 Å². The fourth-order valence-electron chi connectivity index (χ4n) is 1.87. The van der Waals surface area contributed by atoms with Crippen LogP contribution in [0.15, 0.2) is 0 Å². The Morgan fingerprint density at radius 3 is 2.23 bits per heavy atom. The molecule has 1 aliphatic rings. The first-order valence-electron chi connectivity index (χ1n) is 5.18. The van der Waals surface area contributed by atoms with Crippen molar-refractivity contribution in [2.24, 2.45) is 0 Å². The summed E-state index contributed by atoms with van der Waals surface area (Å²) in [6.07, 6.45) is 8.72. The molecule has 13 heavy (non-hydrogen) atoms. The van der Waals surface area contributed by atoms with Gasteiger partial charge in [0.05, 0.1) is 0 Å². The van der Waals surface area contributed by atoms with Gasteiger partial charge in [0, 0.05) is 6.04 Å². The summed E-state index contributed by atoms with van der Waals surface area (Å²) in [5.74, 6) is 0.0727. The summed E-state index contributed by atoms with van der Waals surface area (Å²) in [7, 11) is 0. The van der Waals surface area contributed by atoms with Crippen LogP contribution in [0.2, 0.25) is 0 Å². The van der Waals surface area contributed by atoms with Gasteiger partial charge >= 0.3 is 0 Å². The molecule has 0 radical (unpaired) electrons. The molecule has 1 fully saturated rings. The first-order chi connectivity index (χ1) is 6.33. The Bertz CT molecular complexity index is 153. The number of carbonyl (C=O) groups excluding carboxylic acids is 1. The van der Waals surface area contributed by atoms with Crippen LogP contribution in [0.4, 0.5) is 0 Å². The molecule has 0 aromatic rings. The zero-order valence-electron chi connectivity index (χ0n) is 8.02. The lowest BCUT2D eigenvalue weighted by atomic mass is 9.97. The van der Waals surface area contributed by atoms with Crippen molar-refractivity contribution in [2.75, 3.05) is 5.88 Å². The molecule has 0 heterocycles. The van der Waals surface area contributed by atoms with E-state index in [4.69, 9.17) is 11.6 Å². The molecule has 1 amide bonds. The Labute approximate surface area is 85.0 Å². The lowest BCUT2D eigenvalue weighted by Crippen LogP contribution is -2.35. The van der Waals surface area contributed by atoms with Crippen molar-refractivity contribution >= 4 is 17.5 Å². The molecule has 0 atom stereocenters. The third-order valence-corrected chi connectivity index (χ3v) is 2.83. The molecular weight excluding hydrogens is 186 g/mol. The molecule has 3 heteroatoms. The summed E-state index contributed by atoms with van der Waals surface area (Å²) in [5.41, 5.74) is 0. The van der Waals surface area contributed by atoms with Gasteiger partial charge < -0.3 is 5.32 Å². The highest BCUT2D eigenvalue weighted by Crippen LogP contribution is 2.16. The summed E-state index contributed by atoms with van der Waals surface area (Å²) in [6, 6.07) is 0.381. The van der Waals surface area contributed by atoms with E-state index in [1.165, 1.54) is 32.1 Å². The number of alkyl halides is 1. The summed E-state index contributed by atoms with van der Waals surface area (Å²) in [4.78, 5) is 11.0. The first-order valence-corrected chi connectivity index (χ1v) is 5.71. The standard InChI is InChI=1S/C10H18ClNO/c11-8-10(13)12-9-6-4-2-1-3-5-7-9/h9H,1-8H2,(H,12,13). The van der Waals surface area contributed by atoms with E-state index in [-0.39, 0.29) is 11.8 Å². The van der Waals surface area contributed by atoms with Crippen molar-refractivity contribution in [1.29, 1.82) is 0 Å². The predicted molar refractivity (Wildman–Crippen MR) is 55.0 cm³/mol. The number of nitrogens with one attached hydrogen (secondary N) is 1. The fourth-order valence-corrected chi connectivity index (χ4v) is 1.94. The van der Waals surface area contributed by atoms with Crippen LogP contribution in [0.3, 0.4) is 0 Å². The SMILES string of the molecule is O=C(CCl)NC1CCCCCCC1. The highest BCUT2D eigenvalue weighted by molar-refractivity contribution is 6.27. The summed E-state index contributed by atoms with van der Waals surface area (Å²) >= 11 is 5.43. The van der Waals surface area contributed by atoms with Crippen molar-refractivity contribution in [2.45, 2.75) is 51.0 Å². The normalized spacial score (nSPS) is 20.4. The van der Waals surface area contributed by atoms with Crippen molar-refractivity contribution < 1.29 is 4.79 Å². The molecule has 76 valence electrons. The van der Waals surface area contributed by atoms with E-state index in [9.17, 15) is 4.79 Å². The minimum absolute atomic E-state index is 0.0211. The Kier molecular flexibility index (Phi) is 5.21. The van der Waals surface area contributed by atoms with Crippen LogP contribution >= 0.6 is 11.6 Å². The van der Waals surface area contributed by atoms with Crippen molar-refractivity contribution in [3.8, 4) is 0 Å². The van der Waals surface area contributed by atoms with Crippen LogP contribution in [0.5, 0.6) is 0 Å². The minimum Gasteiger partial charge on any atom is -0.352 e. The second-order valence-electron chi connectivity index (χ2n) is 3.74. The Morgan fingerprint density at radius 2 is 1.69 bits per heavy atom. The average molecular weight is 204 g/mol. The number of hydrogen-bond acceptors (Lipinski definition) is 1. The molecule has 0 unspecified atom stereocenters. The molecule has 2 nitrogen and oxygen atoms in total. The maximum Gasteiger partial charge on any atom is 0.235 e. The molecule has 0 bridgehead atoms. The second kappa shape index (κ2) is 6.25. The van der Waals surface area contributed by atoms with Gasteiger partial charge in [0.1, 0.15) is 5.88 Å². The van der Waals surface area contributed by atoms with Gasteiger partial charge in [0.2, 0.25) is 5.91 Å². The van der Waals surface area contributed by atoms with Gasteiger partial charge in [-0.25, -0.2) is 0 Å². The monoisotopic (exact) mass is 203 g/mol. The molecule has 0 saturated heterocycles. The number of rotatable bonds is 2. The number of carbonyl (C=O) groups is 1. The summed E-state index contributed by atoms with van der Waals surface area (Å²) in [6.45, 7) is 0. The van der Waals surface area contributed by atoms with E-state index >= 15 is 0 Å². The van der Waals surface area contributed by atoms with Crippen LogP contribution in [0.25, 0.3) is 0 Å². The number of halogens is 1. The molecule has 1 aliphatic carbocycles. The molecule has 1 saturated carbocycles. The zero-order chi connectivity index (χ0) is 9.52. The predicted octanol–water partition coefficient (Wildman–Crippen LogP) is 2.45. The van der Waals surface area contributed by atoms with Crippen LogP contribution in [0, 0.1) is 0 Å². The fraction of sp³-hybridized carbons (Fsp3) is 0.900. The van der Waals surface area contributed by atoms with E-state index < -0.39 is 0 Å². The van der Waals surface area contributed by atoms with Crippen molar-refractivity contribution in [3.63, 3.8) is 0 Å². The third-order valence-electron chi connectivity index (χ3n) is 2.59. The van der Waals surface area contributed by atoms with Crippen LogP contribution in [-0.4, -0.2) is 17.8 Å². The van der Waals surface area contributed by atoms with E-state index in [2.05, 4.69) is 5.32 Å². The van der Waals surface area contributed by atoms with E-state index in [1.54, 1.807) is 0 Å².